The highest BCUT2D eigenvalue weighted by atomic mass is 35.5. The molecule has 16 heavy (non-hydrogen) atoms. The van der Waals surface area contributed by atoms with Gasteiger partial charge in [-0.25, -0.2) is 0 Å². The van der Waals surface area contributed by atoms with Crippen LogP contribution in [0.5, 0.6) is 0 Å². The second-order valence-corrected chi connectivity index (χ2v) is 4.53. The molecule has 2 aromatic rings. The quantitative estimate of drug-likeness (QED) is 0.782. The van der Waals surface area contributed by atoms with Gasteiger partial charge in [-0.05, 0) is 11.6 Å². The molecule has 0 amide bonds. The van der Waals surface area contributed by atoms with Crippen LogP contribution in [0.2, 0.25) is 5.02 Å². The van der Waals surface area contributed by atoms with E-state index in [4.69, 9.17) is 16.0 Å². The SMILES string of the molecule is CCc1nnc(SCc2ccccc2Cl)o1. The molecule has 1 aromatic carbocycles. The average Bonchev–Trinajstić information content (AvgIpc) is 2.76. The van der Waals surface area contributed by atoms with Crippen LogP contribution in [0.25, 0.3) is 0 Å². The lowest BCUT2D eigenvalue weighted by molar-refractivity contribution is 0.417. The normalized spacial score (nSPS) is 10.6. The zero-order valence-corrected chi connectivity index (χ0v) is 10.4. The first-order chi connectivity index (χ1) is 7.79. The van der Waals surface area contributed by atoms with E-state index in [1.807, 2.05) is 31.2 Å². The van der Waals surface area contributed by atoms with Crippen LogP contribution in [0.4, 0.5) is 0 Å². The van der Waals surface area contributed by atoms with Gasteiger partial charge in [0.1, 0.15) is 0 Å². The molecule has 84 valence electrons. The molecule has 0 saturated heterocycles. The van der Waals surface area contributed by atoms with E-state index in [2.05, 4.69) is 10.2 Å². The fraction of sp³-hybridized carbons (Fsp3) is 0.273. The number of thioether (sulfide) groups is 1. The van der Waals surface area contributed by atoms with E-state index in [0.29, 0.717) is 11.1 Å². The standard InChI is InChI=1S/C11H11ClN2OS/c1-2-10-13-14-11(15-10)16-7-8-5-3-4-6-9(8)12/h3-6H,2,7H2,1H3. The molecule has 0 spiro atoms. The topological polar surface area (TPSA) is 38.9 Å². The van der Waals surface area contributed by atoms with Crippen molar-refractivity contribution in [2.24, 2.45) is 0 Å². The number of hydrogen-bond donors (Lipinski definition) is 0. The molecular weight excluding hydrogens is 244 g/mol. The molecule has 0 saturated carbocycles. The van der Waals surface area contributed by atoms with E-state index < -0.39 is 0 Å². The first kappa shape index (κ1) is 11.5. The van der Waals surface area contributed by atoms with E-state index in [0.717, 1.165) is 22.8 Å². The Morgan fingerprint density at radius 2 is 2.12 bits per heavy atom. The number of rotatable bonds is 4. The van der Waals surface area contributed by atoms with Gasteiger partial charge in [0, 0.05) is 17.2 Å². The molecule has 1 aromatic heterocycles. The van der Waals surface area contributed by atoms with Crippen molar-refractivity contribution in [2.75, 3.05) is 0 Å². The minimum absolute atomic E-state index is 0.594. The molecule has 0 unspecified atom stereocenters. The summed E-state index contributed by atoms with van der Waals surface area (Å²) in [4.78, 5) is 0. The summed E-state index contributed by atoms with van der Waals surface area (Å²) in [5, 5.41) is 9.20. The van der Waals surface area contributed by atoms with Gasteiger partial charge in [-0.1, -0.05) is 48.5 Å². The molecule has 1 heterocycles. The minimum atomic E-state index is 0.594. The molecule has 3 nitrogen and oxygen atoms in total. The van der Waals surface area contributed by atoms with Crippen molar-refractivity contribution in [2.45, 2.75) is 24.3 Å². The summed E-state index contributed by atoms with van der Waals surface area (Å²) in [5.74, 6) is 1.41. The summed E-state index contributed by atoms with van der Waals surface area (Å²) in [6.07, 6.45) is 0.764. The summed E-state index contributed by atoms with van der Waals surface area (Å²) in [6, 6.07) is 7.75. The Kier molecular flexibility index (Phi) is 3.85. The Morgan fingerprint density at radius 3 is 2.81 bits per heavy atom. The van der Waals surface area contributed by atoms with E-state index in [1.165, 1.54) is 11.8 Å². The maximum atomic E-state index is 6.04. The number of nitrogens with zero attached hydrogens (tertiary/aromatic N) is 2. The van der Waals surface area contributed by atoms with Gasteiger partial charge in [0.15, 0.2) is 0 Å². The van der Waals surface area contributed by atoms with Crippen LogP contribution in [0.1, 0.15) is 18.4 Å². The van der Waals surface area contributed by atoms with Crippen molar-refractivity contribution in [1.82, 2.24) is 10.2 Å². The van der Waals surface area contributed by atoms with Gasteiger partial charge in [0.2, 0.25) is 5.89 Å². The van der Waals surface area contributed by atoms with E-state index in [1.54, 1.807) is 0 Å². The number of halogens is 1. The molecule has 0 N–H and O–H groups in total. The zero-order valence-electron chi connectivity index (χ0n) is 8.81. The first-order valence-corrected chi connectivity index (χ1v) is 6.34. The van der Waals surface area contributed by atoms with Gasteiger partial charge >= 0.3 is 0 Å². The molecule has 0 aliphatic rings. The number of aryl methyl sites for hydroxylation is 1. The summed E-state index contributed by atoms with van der Waals surface area (Å²) in [5.41, 5.74) is 1.07. The maximum Gasteiger partial charge on any atom is 0.276 e. The molecule has 2 rings (SSSR count). The van der Waals surface area contributed by atoms with E-state index in [9.17, 15) is 0 Å². The molecule has 0 aliphatic heterocycles. The van der Waals surface area contributed by atoms with Crippen molar-refractivity contribution < 1.29 is 4.42 Å². The van der Waals surface area contributed by atoms with Crippen molar-refractivity contribution in [3.63, 3.8) is 0 Å². The summed E-state index contributed by atoms with van der Waals surface area (Å²) < 4.78 is 5.39. The summed E-state index contributed by atoms with van der Waals surface area (Å²) in [6.45, 7) is 1.98. The Bertz CT molecular complexity index is 473. The van der Waals surface area contributed by atoms with Crippen molar-refractivity contribution in [1.29, 1.82) is 0 Å². The fourth-order valence-electron chi connectivity index (χ4n) is 1.19. The highest BCUT2D eigenvalue weighted by molar-refractivity contribution is 7.98. The van der Waals surface area contributed by atoms with Crippen LogP contribution in [0.15, 0.2) is 33.9 Å². The lowest BCUT2D eigenvalue weighted by atomic mass is 10.2. The number of benzene rings is 1. The molecule has 0 bridgehead atoms. The van der Waals surface area contributed by atoms with E-state index in [-0.39, 0.29) is 0 Å². The monoisotopic (exact) mass is 254 g/mol. The molecule has 0 atom stereocenters. The molecule has 0 fully saturated rings. The Hall–Kier alpha value is -1.00. The van der Waals surface area contributed by atoms with Gasteiger partial charge < -0.3 is 4.42 Å². The van der Waals surface area contributed by atoms with Crippen LogP contribution in [-0.4, -0.2) is 10.2 Å². The smallest absolute Gasteiger partial charge is 0.276 e. The van der Waals surface area contributed by atoms with Crippen molar-refractivity contribution in [3.8, 4) is 0 Å². The minimum Gasteiger partial charge on any atom is -0.416 e. The van der Waals surface area contributed by atoms with Crippen LogP contribution >= 0.6 is 23.4 Å². The Morgan fingerprint density at radius 1 is 1.31 bits per heavy atom. The predicted octanol–water partition coefficient (Wildman–Crippen LogP) is 3.58. The predicted molar refractivity (Wildman–Crippen MR) is 64.7 cm³/mol. The molecular formula is C11H11ClN2OS. The van der Waals surface area contributed by atoms with Gasteiger partial charge in [-0.15, -0.1) is 10.2 Å². The van der Waals surface area contributed by atoms with Gasteiger partial charge in [-0.3, -0.25) is 0 Å². The van der Waals surface area contributed by atoms with Crippen molar-refractivity contribution in [3.05, 3.63) is 40.7 Å². The number of hydrogen-bond acceptors (Lipinski definition) is 4. The van der Waals surface area contributed by atoms with Gasteiger partial charge in [-0.2, -0.15) is 0 Å². The largest absolute Gasteiger partial charge is 0.416 e. The number of aromatic nitrogens is 2. The maximum absolute atomic E-state index is 6.04. The first-order valence-electron chi connectivity index (χ1n) is 4.98. The molecule has 0 aliphatic carbocycles. The highest BCUT2D eigenvalue weighted by Crippen LogP contribution is 2.25. The van der Waals surface area contributed by atoms with E-state index >= 15 is 0 Å². The van der Waals surface area contributed by atoms with Crippen LogP contribution in [-0.2, 0) is 12.2 Å². The average molecular weight is 255 g/mol. The third-order valence-corrected chi connectivity index (χ3v) is 3.30. The summed E-state index contributed by atoms with van der Waals surface area (Å²) >= 11 is 7.54. The third-order valence-electron chi connectivity index (χ3n) is 2.06. The Balaban J connectivity index is 1.99. The molecule has 0 radical (unpaired) electrons. The lowest BCUT2D eigenvalue weighted by Crippen LogP contribution is -1.81. The zero-order chi connectivity index (χ0) is 11.4. The van der Waals surface area contributed by atoms with Gasteiger partial charge in [0.05, 0.1) is 0 Å². The van der Waals surface area contributed by atoms with Crippen LogP contribution in [0.3, 0.4) is 0 Å². The second-order valence-electron chi connectivity index (χ2n) is 3.20. The summed E-state index contributed by atoms with van der Waals surface area (Å²) in [7, 11) is 0. The van der Waals surface area contributed by atoms with Gasteiger partial charge in [0.25, 0.3) is 5.22 Å². The fourth-order valence-corrected chi connectivity index (χ4v) is 2.26. The van der Waals surface area contributed by atoms with Crippen molar-refractivity contribution >= 4 is 23.4 Å². The highest BCUT2D eigenvalue weighted by Gasteiger charge is 2.06. The van der Waals surface area contributed by atoms with Crippen LogP contribution < -0.4 is 0 Å². The third kappa shape index (κ3) is 2.77. The van der Waals surface area contributed by atoms with Crippen LogP contribution in [0, 0.1) is 0 Å². The molecule has 5 heteroatoms. The Labute approximate surface area is 103 Å². The lowest BCUT2D eigenvalue weighted by Gasteiger charge is -2.00. The second kappa shape index (κ2) is 5.37.